The van der Waals surface area contributed by atoms with Gasteiger partial charge in [0.2, 0.25) is 0 Å². The zero-order chi connectivity index (χ0) is 25.9. The zero-order valence-corrected chi connectivity index (χ0v) is 21.6. The molecule has 0 bridgehead atoms. The smallest absolute Gasteiger partial charge is 0.129 e. The van der Waals surface area contributed by atoms with Crippen molar-refractivity contribution in [1.29, 1.82) is 0 Å². The maximum atomic E-state index is 3.91. The van der Waals surface area contributed by atoms with Crippen LogP contribution in [-0.2, 0) is 0 Å². The molecule has 8 aromatic rings. The number of aromatic nitrogens is 2. The number of nitrogens with one attached hydrogen (secondary N) is 2. The van der Waals surface area contributed by atoms with Gasteiger partial charge in [0.05, 0.1) is 39.5 Å². The second kappa shape index (κ2) is 7.25. The highest BCUT2D eigenvalue weighted by Crippen LogP contribution is 2.54. The van der Waals surface area contributed by atoms with E-state index in [1.165, 1.54) is 65.6 Å². The lowest BCUT2D eigenvalue weighted by Gasteiger charge is -2.33. The SMILES string of the molecule is c1ccc(-n2c3ccccc3c3c4c5c6ccccc6cc6c5n(c4ccc32)C2Nc3ccccc3NC62)cc1. The second-order valence-corrected chi connectivity index (χ2v) is 11.1. The number of anilines is 2. The molecule has 0 saturated carbocycles. The van der Waals surface area contributed by atoms with Crippen LogP contribution in [0.15, 0.2) is 121 Å². The highest BCUT2D eigenvalue weighted by Gasteiger charge is 2.40. The second-order valence-electron chi connectivity index (χ2n) is 11.1. The lowest BCUT2D eigenvalue weighted by molar-refractivity contribution is 0.540. The van der Waals surface area contributed by atoms with Gasteiger partial charge >= 0.3 is 0 Å². The minimum Gasteiger partial charge on any atom is -0.373 e. The summed E-state index contributed by atoms with van der Waals surface area (Å²) in [6.07, 6.45) is 0.0848. The van der Waals surface area contributed by atoms with Crippen LogP contribution >= 0.6 is 0 Å². The Morgan fingerprint density at radius 3 is 2.10 bits per heavy atom. The van der Waals surface area contributed by atoms with Crippen LogP contribution < -0.4 is 10.6 Å². The van der Waals surface area contributed by atoms with Crippen molar-refractivity contribution in [2.45, 2.75) is 12.2 Å². The number of para-hydroxylation sites is 4. The molecule has 2 unspecified atom stereocenters. The van der Waals surface area contributed by atoms with Gasteiger partial charge in [-0.2, -0.15) is 0 Å². The quantitative estimate of drug-likeness (QED) is 0.230. The summed E-state index contributed by atoms with van der Waals surface area (Å²) in [4.78, 5) is 0. The number of nitrogens with zero attached hydrogens (tertiary/aromatic N) is 2. The fraction of sp³-hybridized carbons (Fsp3) is 0.0556. The number of benzene rings is 6. The first kappa shape index (κ1) is 20.7. The van der Waals surface area contributed by atoms with Crippen LogP contribution in [0.25, 0.3) is 60.1 Å². The highest BCUT2D eigenvalue weighted by atomic mass is 15.3. The van der Waals surface area contributed by atoms with Crippen LogP contribution in [0.4, 0.5) is 11.4 Å². The summed E-state index contributed by atoms with van der Waals surface area (Å²) >= 11 is 0. The third-order valence-electron chi connectivity index (χ3n) is 9.10. The fourth-order valence-electron chi connectivity index (χ4n) is 7.56. The predicted octanol–water partition coefficient (Wildman–Crippen LogP) is 9.14. The summed E-state index contributed by atoms with van der Waals surface area (Å²) in [5.41, 5.74) is 9.94. The topological polar surface area (TPSA) is 33.9 Å². The summed E-state index contributed by atoms with van der Waals surface area (Å²) in [7, 11) is 0. The lowest BCUT2D eigenvalue weighted by Crippen LogP contribution is -2.29. The van der Waals surface area contributed by atoms with E-state index in [9.17, 15) is 0 Å². The van der Waals surface area contributed by atoms with Gasteiger partial charge in [0, 0.05) is 32.8 Å². The van der Waals surface area contributed by atoms with Crippen molar-refractivity contribution >= 4 is 65.8 Å². The Hall–Kier alpha value is -5.22. The normalized spacial score (nSPS) is 17.4. The molecule has 0 spiro atoms. The van der Waals surface area contributed by atoms with E-state index in [0.717, 1.165) is 11.4 Å². The lowest BCUT2D eigenvalue weighted by atomic mass is 9.94. The van der Waals surface area contributed by atoms with E-state index >= 15 is 0 Å². The Bertz CT molecular complexity index is 2340. The highest BCUT2D eigenvalue weighted by molar-refractivity contribution is 6.33. The minimum atomic E-state index is 0.0848. The van der Waals surface area contributed by atoms with Gasteiger partial charge in [-0.3, -0.25) is 0 Å². The third-order valence-corrected chi connectivity index (χ3v) is 9.10. The average molecular weight is 513 g/mol. The van der Waals surface area contributed by atoms with Gasteiger partial charge in [-0.1, -0.05) is 72.8 Å². The third kappa shape index (κ3) is 2.43. The van der Waals surface area contributed by atoms with Crippen LogP contribution in [0.1, 0.15) is 17.8 Å². The Labute approximate surface area is 230 Å². The van der Waals surface area contributed by atoms with Crippen molar-refractivity contribution < 1.29 is 0 Å². The van der Waals surface area contributed by atoms with E-state index in [2.05, 4.69) is 141 Å². The maximum absolute atomic E-state index is 3.91. The first-order chi connectivity index (χ1) is 19.9. The Morgan fingerprint density at radius 2 is 1.23 bits per heavy atom. The van der Waals surface area contributed by atoms with Gasteiger partial charge in [-0.05, 0) is 59.3 Å². The van der Waals surface area contributed by atoms with Crippen molar-refractivity contribution in [3.63, 3.8) is 0 Å². The van der Waals surface area contributed by atoms with E-state index in [1.54, 1.807) is 0 Å². The number of fused-ring (bicyclic) bond motifs is 13. The summed E-state index contributed by atoms with van der Waals surface area (Å²) in [5.74, 6) is 0. The van der Waals surface area contributed by atoms with Gasteiger partial charge in [0.15, 0.2) is 0 Å². The van der Waals surface area contributed by atoms with Gasteiger partial charge < -0.3 is 19.8 Å². The fourth-order valence-corrected chi connectivity index (χ4v) is 7.56. The first-order valence-corrected chi connectivity index (χ1v) is 14.0. The molecule has 0 saturated heterocycles. The van der Waals surface area contributed by atoms with Crippen LogP contribution in [0.3, 0.4) is 0 Å². The Balaban J connectivity index is 1.42. The van der Waals surface area contributed by atoms with Gasteiger partial charge in [0.1, 0.15) is 6.17 Å². The number of hydrogen-bond donors (Lipinski definition) is 2. The summed E-state index contributed by atoms with van der Waals surface area (Å²) in [6, 6.07) is 44.3. The predicted molar refractivity (Wildman–Crippen MR) is 167 cm³/mol. The van der Waals surface area contributed by atoms with Crippen molar-refractivity contribution in [3.8, 4) is 5.69 Å². The first-order valence-electron chi connectivity index (χ1n) is 14.0. The summed E-state index contributed by atoms with van der Waals surface area (Å²) in [6.45, 7) is 0. The number of hydrogen-bond acceptors (Lipinski definition) is 2. The summed E-state index contributed by atoms with van der Waals surface area (Å²) < 4.78 is 4.98. The molecular formula is C36H24N4. The average Bonchev–Trinajstić information content (AvgIpc) is 3.64. The molecular weight excluding hydrogens is 488 g/mol. The van der Waals surface area contributed by atoms with Gasteiger partial charge in [-0.15, -0.1) is 0 Å². The number of rotatable bonds is 1. The molecule has 10 rings (SSSR count). The standard InChI is InChI=1S/C36H24N4/c1-2-11-22(12-3-1)39-28-17-9-6-14-24(28)31-29(39)18-19-30-33(31)32-23-13-5-4-10-21(23)20-25-34-36(40(30)35(25)32)38-27-16-8-7-15-26(27)37-34/h1-20,34,36-38H. The van der Waals surface area contributed by atoms with Crippen LogP contribution in [0.2, 0.25) is 0 Å². The molecule has 4 nitrogen and oxygen atoms in total. The van der Waals surface area contributed by atoms with E-state index in [0.29, 0.717) is 0 Å². The van der Waals surface area contributed by atoms with Gasteiger partial charge in [0.25, 0.3) is 0 Å². The van der Waals surface area contributed by atoms with Crippen molar-refractivity contribution in [3.05, 3.63) is 127 Å². The van der Waals surface area contributed by atoms with Gasteiger partial charge in [-0.25, -0.2) is 0 Å². The molecule has 0 amide bonds. The molecule has 4 heteroatoms. The van der Waals surface area contributed by atoms with Crippen LogP contribution in [0.5, 0.6) is 0 Å². The molecule has 188 valence electrons. The molecule has 0 radical (unpaired) electrons. The van der Waals surface area contributed by atoms with E-state index in [1.807, 2.05) is 0 Å². The van der Waals surface area contributed by atoms with Crippen molar-refractivity contribution in [2.24, 2.45) is 0 Å². The molecule has 40 heavy (non-hydrogen) atoms. The minimum absolute atomic E-state index is 0.0848. The Morgan fingerprint density at radius 1 is 0.525 bits per heavy atom. The van der Waals surface area contributed by atoms with Crippen molar-refractivity contribution in [2.75, 3.05) is 10.6 Å². The van der Waals surface area contributed by atoms with E-state index in [-0.39, 0.29) is 12.2 Å². The monoisotopic (exact) mass is 512 g/mol. The maximum Gasteiger partial charge on any atom is 0.129 e. The van der Waals surface area contributed by atoms with Crippen molar-refractivity contribution in [1.82, 2.24) is 9.13 Å². The molecule has 0 aliphatic carbocycles. The Kier molecular flexibility index (Phi) is 3.75. The molecule has 4 heterocycles. The molecule has 2 aliphatic heterocycles. The molecule has 2 aromatic heterocycles. The largest absolute Gasteiger partial charge is 0.373 e. The van der Waals surface area contributed by atoms with Crippen LogP contribution in [-0.4, -0.2) is 9.13 Å². The summed E-state index contributed by atoms with van der Waals surface area (Å²) in [5, 5.41) is 15.7. The molecule has 6 aromatic carbocycles. The van der Waals surface area contributed by atoms with E-state index in [4.69, 9.17) is 0 Å². The van der Waals surface area contributed by atoms with E-state index < -0.39 is 0 Å². The molecule has 0 fully saturated rings. The van der Waals surface area contributed by atoms with Crippen LogP contribution in [0, 0.1) is 0 Å². The zero-order valence-electron chi connectivity index (χ0n) is 21.6. The molecule has 2 N–H and O–H groups in total. The molecule has 2 aliphatic rings. The molecule has 2 atom stereocenters.